The highest BCUT2D eigenvalue weighted by atomic mass is 19.4. The molecule has 2 atom stereocenters. The predicted molar refractivity (Wildman–Crippen MR) is 136 cm³/mol. The van der Waals surface area contributed by atoms with Gasteiger partial charge in [-0.15, -0.1) is 0 Å². The van der Waals surface area contributed by atoms with E-state index in [4.69, 9.17) is 10.6 Å². The Balaban J connectivity index is 1.64. The van der Waals surface area contributed by atoms with Crippen LogP contribution in [0.25, 0.3) is 5.69 Å². The second-order valence-electron chi connectivity index (χ2n) is 8.85. The normalized spacial score (nSPS) is 18.7. The SMILES string of the molecule is COc1cc(C(C=NC2C[C@@H](C)c3ccccc3N(CC(F)(F)F)C2=O)=NN)ccc1-n1cnc(C)c1. The molecule has 0 aliphatic carbocycles. The fourth-order valence-corrected chi connectivity index (χ4v) is 4.42. The van der Waals surface area contributed by atoms with Crippen molar-refractivity contribution in [3.63, 3.8) is 0 Å². The number of aromatic nitrogens is 2. The van der Waals surface area contributed by atoms with E-state index < -0.39 is 24.7 Å². The molecule has 2 N–H and O–H groups in total. The number of fused-ring (bicyclic) bond motifs is 1. The number of hydrazone groups is 1. The third-order valence-electron chi connectivity index (χ3n) is 6.20. The fourth-order valence-electron chi connectivity index (χ4n) is 4.42. The van der Waals surface area contributed by atoms with Crippen LogP contribution in [0, 0.1) is 6.92 Å². The van der Waals surface area contributed by atoms with Crippen LogP contribution in [-0.2, 0) is 4.79 Å². The maximum Gasteiger partial charge on any atom is 0.406 e. The van der Waals surface area contributed by atoms with Gasteiger partial charge in [0.1, 0.15) is 24.0 Å². The lowest BCUT2D eigenvalue weighted by Gasteiger charge is -2.25. The lowest BCUT2D eigenvalue weighted by Crippen LogP contribution is -2.43. The van der Waals surface area contributed by atoms with Crippen LogP contribution in [0.2, 0.25) is 0 Å². The Morgan fingerprint density at radius 3 is 2.65 bits per heavy atom. The summed E-state index contributed by atoms with van der Waals surface area (Å²) in [5, 5.41) is 3.80. The standard InChI is InChI=1S/C26H27F3N6O2/c1-16-10-20(25(36)35(14-26(27,28)29)22-7-5-4-6-19(16)22)31-12-21(33-30)18-8-9-23(24(11-18)37-3)34-13-17(2)32-15-34/h4-9,11-13,15-16,20H,10,14,30H2,1-3H3/t16-,20?/m1/s1. The first-order valence-corrected chi connectivity index (χ1v) is 11.6. The number of alkyl halides is 3. The molecule has 1 unspecified atom stereocenters. The average molecular weight is 513 g/mol. The first-order valence-electron chi connectivity index (χ1n) is 11.6. The molecule has 0 saturated heterocycles. The second kappa shape index (κ2) is 10.5. The number of ether oxygens (including phenoxy) is 1. The number of carbonyl (C=O) groups excluding carboxylic acids is 1. The van der Waals surface area contributed by atoms with Crippen LogP contribution in [0.1, 0.15) is 36.1 Å². The molecule has 3 aromatic rings. The van der Waals surface area contributed by atoms with E-state index in [0.29, 0.717) is 16.9 Å². The third-order valence-corrected chi connectivity index (χ3v) is 6.20. The number of imidazole rings is 1. The van der Waals surface area contributed by atoms with Gasteiger partial charge < -0.3 is 20.0 Å². The van der Waals surface area contributed by atoms with Crippen molar-refractivity contribution < 1.29 is 22.7 Å². The topological polar surface area (TPSA) is 98.1 Å². The smallest absolute Gasteiger partial charge is 0.406 e. The van der Waals surface area contributed by atoms with E-state index in [9.17, 15) is 18.0 Å². The van der Waals surface area contributed by atoms with Crippen molar-refractivity contribution >= 4 is 23.5 Å². The van der Waals surface area contributed by atoms with Crippen molar-refractivity contribution in [2.24, 2.45) is 15.9 Å². The van der Waals surface area contributed by atoms with Crippen LogP contribution in [-0.4, -0.2) is 53.3 Å². The quantitative estimate of drug-likeness (QED) is 0.301. The number of nitrogens with zero attached hydrogens (tertiary/aromatic N) is 5. The number of carbonyl (C=O) groups is 1. The number of anilines is 1. The zero-order valence-corrected chi connectivity index (χ0v) is 20.6. The minimum atomic E-state index is -4.57. The van der Waals surface area contributed by atoms with Crippen LogP contribution in [0.15, 0.2) is 65.1 Å². The van der Waals surface area contributed by atoms with Gasteiger partial charge in [0.25, 0.3) is 5.91 Å². The average Bonchev–Trinajstić information content (AvgIpc) is 3.28. The maximum atomic E-state index is 13.4. The van der Waals surface area contributed by atoms with Crippen molar-refractivity contribution in [1.82, 2.24) is 9.55 Å². The van der Waals surface area contributed by atoms with Gasteiger partial charge in [0.2, 0.25) is 0 Å². The summed E-state index contributed by atoms with van der Waals surface area (Å²) in [5.41, 5.74) is 3.31. The first-order chi connectivity index (χ1) is 17.6. The van der Waals surface area contributed by atoms with E-state index in [-0.39, 0.29) is 23.7 Å². The van der Waals surface area contributed by atoms with Crippen LogP contribution < -0.4 is 15.5 Å². The predicted octanol–water partition coefficient (Wildman–Crippen LogP) is 4.39. The van der Waals surface area contributed by atoms with Crippen molar-refractivity contribution in [2.75, 3.05) is 18.6 Å². The van der Waals surface area contributed by atoms with E-state index in [0.717, 1.165) is 16.3 Å². The van der Waals surface area contributed by atoms with Gasteiger partial charge in [0.05, 0.1) is 31.0 Å². The molecule has 1 aromatic heterocycles. The molecule has 37 heavy (non-hydrogen) atoms. The van der Waals surface area contributed by atoms with Gasteiger partial charge in [-0.05, 0) is 43.0 Å². The summed E-state index contributed by atoms with van der Waals surface area (Å²) in [6, 6.07) is 10.9. The zero-order valence-electron chi connectivity index (χ0n) is 20.6. The van der Waals surface area contributed by atoms with Gasteiger partial charge in [0.15, 0.2) is 0 Å². The van der Waals surface area contributed by atoms with Crippen LogP contribution in [0.3, 0.4) is 0 Å². The van der Waals surface area contributed by atoms with E-state index in [1.165, 1.54) is 19.4 Å². The third kappa shape index (κ3) is 5.65. The highest BCUT2D eigenvalue weighted by Crippen LogP contribution is 2.37. The molecule has 0 bridgehead atoms. The minimum absolute atomic E-state index is 0.197. The Hall–Kier alpha value is -4.15. The molecular formula is C26H27F3N6O2. The number of aryl methyl sites for hydroxylation is 1. The molecule has 1 amide bonds. The van der Waals surface area contributed by atoms with Gasteiger partial charge in [-0.25, -0.2) is 4.98 Å². The Morgan fingerprint density at radius 2 is 2.00 bits per heavy atom. The van der Waals surface area contributed by atoms with Crippen LogP contribution in [0.4, 0.5) is 18.9 Å². The second-order valence-corrected chi connectivity index (χ2v) is 8.85. The number of aliphatic imine (C=N–C) groups is 1. The Labute approximate surface area is 212 Å². The van der Waals surface area contributed by atoms with Gasteiger partial charge >= 0.3 is 6.18 Å². The maximum absolute atomic E-state index is 13.4. The summed E-state index contributed by atoms with van der Waals surface area (Å²) >= 11 is 0. The Morgan fingerprint density at radius 1 is 1.24 bits per heavy atom. The summed E-state index contributed by atoms with van der Waals surface area (Å²) in [4.78, 5) is 22.7. The molecule has 0 saturated carbocycles. The summed E-state index contributed by atoms with van der Waals surface area (Å²) < 4.78 is 47.5. The van der Waals surface area contributed by atoms with Crippen molar-refractivity contribution in [1.29, 1.82) is 0 Å². The molecule has 0 fully saturated rings. The molecule has 0 spiro atoms. The van der Waals surface area contributed by atoms with E-state index in [2.05, 4.69) is 15.1 Å². The van der Waals surface area contributed by atoms with Crippen molar-refractivity contribution in [2.45, 2.75) is 38.4 Å². The molecule has 8 nitrogen and oxygen atoms in total. The molecule has 11 heteroatoms. The van der Waals surface area contributed by atoms with Gasteiger partial charge in [-0.2, -0.15) is 18.3 Å². The Bertz CT molecular complexity index is 1350. The number of nitrogens with two attached hydrogens (primary N) is 1. The number of para-hydroxylation sites is 1. The number of benzene rings is 2. The van der Waals surface area contributed by atoms with Crippen LogP contribution in [0.5, 0.6) is 5.75 Å². The lowest BCUT2D eigenvalue weighted by atomic mass is 9.94. The summed E-state index contributed by atoms with van der Waals surface area (Å²) in [5.74, 6) is 5.23. The fraction of sp³-hybridized carbons (Fsp3) is 0.308. The van der Waals surface area contributed by atoms with E-state index >= 15 is 0 Å². The largest absolute Gasteiger partial charge is 0.495 e. The number of amides is 1. The molecule has 1 aliphatic rings. The molecule has 2 heterocycles. The number of hydrogen-bond donors (Lipinski definition) is 1. The highest BCUT2D eigenvalue weighted by molar-refractivity contribution is 6.38. The molecular weight excluding hydrogens is 485 g/mol. The molecule has 2 aromatic carbocycles. The molecule has 4 rings (SSSR count). The number of rotatable bonds is 6. The number of halogens is 3. The van der Waals surface area contributed by atoms with Gasteiger partial charge in [0, 0.05) is 17.4 Å². The lowest BCUT2D eigenvalue weighted by molar-refractivity contribution is -0.133. The molecule has 0 radical (unpaired) electrons. The van der Waals surface area contributed by atoms with Gasteiger partial charge in [-0.1, -0.05) is 31.2 Å². The van der Waals surface area contributed by atoms with E-state index in [1.807, 2.05) is 24.6 Å². The summed E-state index contributed by atoms with van der Waals surface area (Å²) in [7, 11) is 1.53. The summed E-state index contributed by atoms with van der Waals surface area (Å²) in [6.07, 6.45) is 0.504. The Kier molecular flexibility index (Phi) is 7.33. The number of methoxy groups -OCH3 is 1. The molecule has 1 aliphatic heterocycles. The van der Waals surface area contributed by atoms with Gasteiger partial charge in [-0.3, -0.25) is 9.79 Å². The monoisotopic (exact) mass is 512 g/mol. The van der Waals surface area contributed by atoms with Crippen molar-refractivity contribution in [3.05, 3.63) is 71.8 Å². The number of hydrogen-bond acceptors (Lipinski definition) is 6. The van der Waals surface area contributed by atoms with E-state index in [1.54, 1.807) is 42.7 Å². The van der Waals surface area contributed by atoms with Crippen molar-refractivity contribution in [3.8, 4) is 11.4 Å². The van der Waals surface area contributed by atoms with Crippen LogP contribution >= 0.6 is 0 Å². The highest BCUT2D eigenvalue weighted by Gasteiger charge is 2.39. The summed E-state index contributed by atoms with van der Waals surface area (Å²) in [6.45, 7) is 2.34. The molecule has 194 valence electrons. The first kappa shape index (κ1) is 25.9. The zero-order chi connectivity index (χ0) is 26.7. The minimum Gasteiger partial charge on any atom is -0.495 e.